The van der Waals surface area contributed by atoms with E-state index in [0.29, 0.717) is 6.42 Å². The number of hydrogen-bond acceptors (Lipinski definition) is 2. The van der Waals surface area contributed by atoms with Crippen LogP contribution in [0.3, 0.4) is 0 Å². The highest BCUT2D eigenvalue weighted by molar-refractivity contribution is 5.73. The largest absolute Gasteiger partial charge is 0.481 e. The summed E-state index contributed by atoms with van der Waals surface area (Å²) in [6, 6.07) is 0. The molecule has 0 aromatic heterocycles. The molecule has 0 rings (SSSR count). The third kappa shape index (κ3) is 14.9. The number of carboxylic acid groups (broad SMARTS) is 2. The van der Waals surface area contributed by atoms with Gasteiger partial charge in [-0.05, 0) is 26.2 Å². The minimum absolute atomic E-state index is 0.0245. The lowest BCUT2D eigenvalue weighted by atomic mass is 9.82. The Labute approximate surface area is 110 Å². The van der Waals surface area contributed by atoms with Gasteiger partial charge in [-0.25, -0.2) is 0 Å². The second-order valence-corrected chi connectivity index (χ2v) is 6.78. The summed E-state index contributed by atoms with van der Waals surface area (Å²) in [4.78, 5) is 21.0. The van der Waals surface area contributed by atoms with Crippen molar-refractivity contribution in [2.75, 3.05) is 28.2 Å². The predicted octanol–water partition coefficient (Wildman–Crippen LogP) is 1.92. The van der Waals surface area contributed by atoms with Gasteiger partial charge < -0.3 is 14.7 Å². The second-order valence-electron chi connectivity index (χ2n) is 6.78. The first-order chi connectivity index (χ1) is 7.75. The smallest absolute Gasteiger partial charge is 0.309 e. The molecule has 0 amide bonds. The zero-order chi connectivity index (χ0) is 15.1. The first kappa shape index (κ1) is 19.2. The van der Waals surface area contributed by atoms with Crippen LogP contribution >= 0.6 is 0 Å². The third-order valence-electron chi connectivity index (χ3n) is 1.96. The van der Waals surface area contributed by atoms with E-state index in [9.17, 15) is 9.59 Å². The molecule has 2 N–H and O–H groups in total. The van der Waals surface area contributed by atoms with Crippen molar-refractivity contribution in [2.45, 2.75) is 33.6 Å². The van der Waals surface area contributed by atoms with Crippen molar-refractivity contribution >= 4 is 11.9 Å². The predicted molar refractivity (Wildman–Crippen MR) is 71.4 cm³/mol. The first-order valence-corrected chi connectivity index (χ1v) is 6.00. The Bertz CT molecular complexity index is 273. The Hall–Kier alpha value is -1.10. The lowest BCUT2D eigenvalue weighted by Gasteiger charge is -2.22. The maximum absolute atomic E-state index is 10.7. The summed E-state index contributed by atoms with van der Waals surface area (Å²) in [7, 11) is 8.50. The summed E-state index contributed by atoms with van der Waals surface area (Å²) in [5, 5.41) is 17.2. The van der Waals surface area contributed by atoms with E-state index in [1.54, 1.807) is 20.8 Å². The monoisotopic (exact) mass is 262 g/mol. The van der Waals surface area contributed by atoms with Gasteiger partial charge >= 0.3 is 11.9 Å². The number of carbonyl (C=O) groups is 2. The maximum Gasteiger partial charge on any atom is 0.309 e. The molecule has 0 aliphatic heterocycles. The van der Waals surface area contributed by atoms with Crippen molar-refractivity contribution in [3.8, 4) is 0 Å². The van der Waals surface area contributed by atoms with Crippen LogP contribution in [0.2, 0.25) is 0 Å². The SMILES string of the molecule is CC(CC(=O)O)CC(C)(C)C(=O)O.C[N+](C)(C)C. The lowest BCUT2D eigenvalue weighted by molar-refractivity contribution is -0.849. The van der Waals surface area contributed by atoms with Gasteiger partial charge in [0.15, 0.2) is 0 Å². The van der Waals surface area contributed by atoms with Crippen molar-refractivity contribution < 1.29 is 24.3 Å². The molecule has 0 aromatic carbocycles. The second kappa shape index (κ2) is 7.36. The fourth-order valence-corrected chi connectivity index (χ4v) is 1.33. The molecule has 0 spiro atoms. The Morgan fingerprint density at radius 2 is 1.44 bits per heavy atom. The van der Waals surface area contributed by atoms with E-state index in [0.717, 1.165) is 4.48 Å². The number of carboxylic acids is 2. The molecule has 0 bridgehead atoms. The Kier molecular flexibility index (Phi) is 7.87. The first-order valence-electron chi connectivity index (χ1n) is 6.00. The van der Waals surface area contributed by atoms with E-state index in [1.165, 1.54) is 0 Å². The van der Waals surface area contributed by atoms with Gasteiger partial charge in [0.1, 0.15) is 0 Å². The fourth-order valence-electron chi connectivity index (χ4n) is 1.33. The normalized spacial score (nSPS) is 13.3. The molecule has 108 valence electrons. The summed E-state index contributed by atoms with van der Waals surface area (Å²) in [5.41, 5.74) is -0.838. The summed E-state index contributed by atoms with van der Waals surface area (Å²) >= 11 is 0. The van der Waals surface area contributed by atoms with Gasteiger partial charge in [-0.3, -0.25) is 9.59 Å². The van der Waals surface area contributed by atoms with E-state index < -0.39 is 17.4 Å². The highest BCUT2D eigenvalue weighted by Gasteiger charge is 2.29. The topological polar surface area (TPSA) is 74.6 Å². The molecule has 1 atom stereocenters. The van der Waals surface area contributed by atoms with Crippen LogP contribution < -0.4 is 0 Å². The van der Waals surface area contributed by atoms with Gasteiger partial charge in [0.05, 0.1) is 33.6 Å². The quantitative estimate of drug-likeness (QED) is 0.742. The standard InChI is InChI=1S/C9H16O4.C4H12N/c1-6(4-7(10)11)5-9(2,3)8(12)13;1-5(2,3)4/h6H,4-5H2,1-3H3,(H,10,11)(H,12,13);1-4H3/q;+1. The van der Waals surface area contributed by atoms with Gasteiger partial charge in [-0.1, -0.05) is 6.92 Å². The highest BCUT2D eigenvalue weighted by Crippen LogP contribution is 2.27. The highest BCUT2D eigenvalue weighted by atomic mass is 16.4. The van der Waals surface area contributed by atoms with E-state index in [2.05, 4.69) is 28.2 Å². The van der Waals surface area contributed by atoms with Crippen LogP contribution in [-0.2, 0) is 9.59 Å². The van der Waals surface area contributed by atoms with Crippen LogP contribution in [0.4, 0.5) is 0 Å². The molecule has 0 fully saturated rings. The van der Waals surface area contributed by atoms with Gasteiger partial charge in [0, 0.05) is 6.42 Å². The fraction of sp³-hybridized carbons (Fsp3) is 0.846. The van der Waals surface area contributed by atoms with Crippen molar-refractivity contribution in [1.29, 1.82) is 0 Å². The molecule has 0 saturated carbocycles. The third-order valence-corrected chi connectivity index (χ3v) is 1.96. The number of rotatable bonds is 5. The number of nitrogens with zero attached hydrogens (tertiary/aromatic N) is 1. The van der Waals surface area contributed by atoms with Gasteiger partial charge in [0.25, 0.3) is 0 Å². The van der Waals surface area contributed by atoms with Crippen LogP contribution in [0.25, 0.3) is 0 Å². The average molecular weight is 262 g/mol. The lowest BCUT2D eigenvalue weighted by Crippen LogP contribution is -2.27. The van der Waals surface area contributed by atoms with E-state index in [1.807, 2.05) is 0 Å². The summed E-state index contributed by atoms with van der Waals surface area (Å²) < 4.78 is 1.00. The molecule has 5 heteroatoms. The van der Waals surface area contributed by atoms with Gasteiger partial charge in [0.2, 0.25) is 0 Å². The summed E-state index contributed by atoms with van der Waals surface area (Å²) in [6.45, 7) is 4.96. The molecule has 0 aromatic rings. The van der Waals surface area contributed by atoms with Crippen molar-refractivity contribution in [3.63, 3.8) is 0 Å². The van der Waals surface area contributed by atoms with E-state index >= 15 is 0 Å². The van der Waals surface area contributed by atoms with Gasteiger partial charge in [-0.2, -0.15) is 0 Å². The molecular weight excluding hydrogens is 234 g/mol. The van der Waals surface area contributed by atoms with Gasteiger partial charge in [-0.15, -0.1) is 0 Å². The van der Waals surface area contributed by atoms with Crippen LogP contribution in [0, 0.1) is 11.3 Å². The Morgan fingerprint density at radius 1 is 1.11 bits per heavy atom. The van der Waals surface area contributed by atoms with E-state index in [-0.39, 0.29) is 12.3 Å². The number of aliphatic carboxylic acids is 2. The Morgan fingerprint density at radius 3 is 1.67 bits per heavy atom. The number of quaternary nitrogens is 1. The van der Waals surface area contributed by atoms with Crippen LogP contribution in [0.15, 0.2) is 0 Å². The minimum atomic E-state index is -0.885. The zero-order valence-electron chi connectivity index (χ0n) is 12.6. The van der Waals surface area contributed by atoms with Crippen LogP contribution in [0.1, 0.15) is 33.6 Å². The molecule has 1 unspecified atom stereocenters. The molecule has 18 heavy (non-hydrogen) atoms. The average Bonchev–Trinajstić information content (AvgIpc) is 1.96. The molecule has 0 saturated heterocycles. The molecule has 5 nitrogen and oxygen atoms in total. The van der Waals surface area contributed by atoms with Crippen molar-refractivity contribution in [3.05, 3.63) is 0 Å². The summed E-state index contributed by atoms with van der Waals surface area (Å²) in [5.74, 6) is -1.87. The zero-order valence-corrected chi connectivity index (χ0v) is 12.6. The molecule has 0 radical (unpaired) electrons. The number of hydrogen-bond donors (Lipinski definition) is 2. The minimum Gasteiger partial charge on any atom is -0.481 e. The van der Waals surface area contributed by atoms with Crippen LogP contribution in [-0.4, -0.2) is 54.8 Å². The van der Waals surface area contributed by atoms with Crippen molar-refractivity contribution in [2.24, 2.45) is 11.3 Å². The maximum atomic E-state index is 10.7. The van der Waals surface area contributed by atoms with Crippen LogP contribution in [0.5, 0.6) is 0 Å². The molecule has 0 heterocycles. The molecule has 0 aliphatic carbocycles. The Balaban J connectivity index is 0. The van der Waals surface area contributed by atoms with E-state index in [4.69, 9.17) is 10.2 Å². The molecular formula is C13H28NO4+. The van der Waals surface area contributed by atoms with Crippen molar-refractivity contribution in [1.82, 2.24) is 0 Å². The molecule has 0 aliphatic rings. The summed E-state index contributed by atoms with van der Waals surface area (Å²) in [6.07, 6.45) is 0.408.